The van der Waals surface area contributed by atoms with E-state index >= 15 is 0 Å². The van der Waals surface area contributed by atoms with Crippen LogP contribution >= 0.6 is 0 Å². The number of benzene rings is 1. The minimum atomic E-state index is -5.98. The number of sulfonamides is 2. The number of aliphatic hydroxyl groups is 1. The Morgan fingerprint density at radius 3 is 2.24 bits per heavy atom. The molecule has 2 unspecified atom stereocenters. The smallest absolute Gasteiger partial charge is 0.455 e. The second-order valence-electron chi connectivity index (χ2n) is 9.94. The first-order valence-electron chi connectivity index (χ1n) is 10.9. The van der Waals surface area contributed by atoms with Crippen molar-refractivity contribution in [3.05, 3.63) is 36.4 Å². The number of carbonyl (C=O) groups is 1. The molecule has 4 bridgehead atoms. The molecule has 34 heavy (non-hydrogen) atoms. The summed E-state index contributed by atoms with van der Waals surface area (Å²) in [7, 11) is -10.4. The van der Waals surface area contributed by atoms with Crippen molar-refractivity contribution in [2.75, 3.05) is 13.7 Å². The van der Waals surface area contributed by atoms with Crippen LogP contribution in [0.4, 0.5) is 8.78 Å². The molecule has 0 aromatic heterocycles. The third-order valence-electron chi connectivity index (χ3n) is 7.31. The molecule has 4 aliphatic rings. The summed E-state index contributed by atoms with van der Waals surface area (Å²) in [5.41, 5.74) is -1.06. The highest BCUT2D eigenvalue weighted by molar-refractivity contribution is 8.04. The van der Waals surface area contributed by atoms with E-state index in [-0.39, 0.29) is 11.8 Å². The average Bonchev–Trinajstić information content (AvgIpc) is 2.75. The fourth-order valence-electron chi connectivity index (χ4n) is 6.19. The van der Waals surface area contributed by atoms with Gasteiger partial charge in [-0.3, -0.25) is 0 Å². The zero-order valence-corrected chi connectivity index (χ0v) is 20.2. The van der Waals surface area contributed by atoms with Crippen molar-refractivity contribution < 1.29 is 40.3 Å². The molecule has 1 N–H and O–H groups in total. The number of rotatable bonds is 8. The van der Waals surface area contributed by atoms with Gasteiger partial charge in [-0.25, -0.2) is 21.6 Å². The Hall–Kier alpha value is -1.89. The molecule has 0 amide bonds. The zero-order chi connectivity index (χ0) is 25.2. The van der Waals surface area contributed by atoms with Crippen LogP contribution in [0.5, 0.6) is 0 Å². The molecule has 1 aromatic rings. The molecular weight excluding hydrogens is 492 g/mol. The highest BCUT2D eigenvalue weighted by atomic mass is 32.3. The fraction of sp³-hybridized carbons (Fsp3) is 0.591. The average molecular weight is 520 g/mol. The van der Waals surface area contributed by atoms with Gasteiger partial charge in [-0.2, -0.15) is 8.78 Å². The van der Waals surface area contributed by atoms with Crippen molar-refractivity contribution in [2.45, 2.75) is 54.3 Å². The topological polar surface area (TPSA) is 118 Å². The lowest BCUT2D eigenvalue weighted by atomic mass is 9.48. The van der Waals surface area contributed by atoms with Crippen LogP contribution in [0.2, 0.25) is 0 Å². The molecule has 5 rings (SSSR count). The van der Waals surface area contributed by atoms with E-state index in [0.29, 0.717) is 44.7 Å². The molecule has 4 aliphatic carbocycles. The van der Waals surface area contributed by atoms with Crippen LogP contribution in [-0.2, 0) is 29.6 Å². The molecule has 8 nitrogen and oxygen atoms in total. The first-order valence-corrected chi connectivity index (χ1v) is 13.8. The first-order chi connectivity index (χ1) is 15.6. The maximum atomic E-state index is 14.8. The summed E-state index contributed by atoms with van der Waals surface area (Å²) in [6.07, 6.45) is 5.11. The highest BCUT2D eigenvalue weighted by Crippen LogP contribution is 2.61. The van der Waals surface area contributed by atoms with Crippen LogP contribution in [0.3, 0.4) is 0 Å². The van der Waals surface area contributed by atoms with Gasteiger partial charge in [-0.1, -0.05) is 28.5 Å². The van der Waals surface area contributed by atoms with Crippen LogP contribution in [0, 0.1) is 17.3 Å². The van der Waals surface area contributed by atoms with E-state index in [1.807, 2.05) is 0 Å². The summed E-state index contributed by atoms with van der Waals surface area (Å²) in [5.74, 6) is -1.92. The number of carbonyl (C=O) groups excluding carboxylic acids is 1. The summed E-state index contributed by atoms with van der Waals surface area (Å²) in [4.78, 5) is 11.7. The number of nitrogens with zero attached hydrogens (tertiary/aromatic N) is 1. The van der Waals surface area contributed by atoms with Gasteiger partial charge < -0.3 is 9.84 Å². The number of hydrogen-bond donors (Lipinski definition) is 1. The van der Waals surface area contributed by atoms with Gasteiger partial charge in [-0.15, -0.1) is 0 Å². The minimum Gasteiger partial charge on any atom is -0.460 e. The van der Waals surface area contributed by atoms with Crippen molar-refractivity contribution >= 4 is 32.1 Å². The summed E-state index contributed by atoms with van der Waals surface area (Å²) < 4.78 is 84.4. The number of esters is 1. The Labute approximate surface area is 197 Å². The monoisotopic (exact) mass is 519 g/mol. The number of ether oxygens (including phenoxy) is 1. The Morgan fingerprint density at radius 1 is 1.18 bits per heavy atom. The molecule has 0 saturated heterocycles. The van der Waals surface area contributed by atoms with Gasteiger partial charge in [0, 0.05) is 12.5 Å². The van der Waals surface area contributed by atoms with Gasteiger partial charge in [0.05, 0.1) is 17.1 Å². The highest BCUT2D eigenvalue weighted by Gasteiger charge is 2.61. The molecule has 0 spiro atoms. The number of alkyl halides is 2. The van der Waals surface area contributed by atoms with Crippen LogP contribution in [0.15, 0.2) is 35.7 Å². The van der Waals surface area contributed by atoms with E-state index in [2.05, 4.69) is 6.58 Å². The lowest BCUT2D eigenvalue weighted by Gasteiger charge is -2.59. The van der Waals surface area contributed by atoms with E-state index in [4.69, 9.17) is 4.74 Å². The largest absolute Gasteiger partial charge is 0.460 e. The van der Waals surface area contributed by atoms with Crippen molar-refractivity contribution in [2.24, 2.45) is 17.3 Å². The molecule has 2 atom stereocenters. The summed E-state index contributed by atoms with van der Waals surface area (Å²) in [6, 6.07) is 4.75. The molecule has 12 heteroatoms. The molecular formula is C22H27F2NO7S2. The molecule has 188 valence electrons. The van der Waals surface area contributed by atoms with Crippen LogP contribution < -0.4 is 0 Å². The molecule has 0 heterocycles. The van der Waals surface area contributed by atoms with Gasteiger partial charge in [0.15, 0.2) is 0 Å². The lowest BCUT2D eigenvalue weighted by molar-refractivity contribution is -0.193. The van der Waals surface area contributed by atoms with E-state index < -0.39 is 57.5 Å². The quantitative estimate of drug-likeness (QED) is 0.525. The molecule has 0 aliphatic heterocycles. The second kappa shape index (κ2) is 8.07. The summed E-state index contributed by atoms with van der Waals surface area (Å²) >= 11 is 0. The normalized spacial score (nSPS) is 31.0. The number of halogens is 2. The van der Waals surface area contributed by atoms with Gasteiger partial charge in [0.1, 0.15) is 0 Å². The van der Waals surface area contributed by atoms with Crippen LogP contribution in [0.25, 0.3) is 6.08 Å². The Morgan fingerprint density at radius 2 is 1.74 bits per heavy atom. The lowest BCUT2D eigenvalue weighted by Crippen LogP contribution is -2.57. The summed E-state index contributed by atoms with van der Waals surface area (Å²) in [6.45, 7) is 3.06. The van der Waals surface area contributed by atoms with Crippen molar-refractivity contribution in [1.82, 2.24) is 3.71 Å². The SMILES string of the molecule is C=Cc1ccc(S(=O)(=O)N(C)S(=O)(=O)C(F)(F)C(=O)OCC23CC4CC(CC(O)(C4)C2)C3)cc1. The molecule has 4 saturated carbocycles. The third kappa shape index (κ3) is 4.08. The Balaban J connectivity index is 1.50. The van der Waals surface area contributed by atoms with E-state index in [0.717, 1.165) is 18.6 Å². The Kier molecular flexibility index (Phi) is 5.99. The van der Waals surface area contributed by atoms with Crippen LogP contribution in [-0.4, -0.2) is 56.1 Å². The summed E-state index contributed by atoms with van der Waals surface area (Å²) in [5, 5.41) is 5.63. The van der Waals surface area contributed by atoms with E-state index in [1.54, 1.807) is 0 Å². The van der Waals surface area contributed by atoms with E-state index in [1.165, 1.54) is 18.2 Å². The Bertz CT molecular complexity index is 1200. The third-order valence-corrected chi connectivity index (χ3v) is 11.5. The van der Waals surface area contributed by atoms with Gasteiger partial charge in [-0.05, 0) is 68.1 Å². The number of hydrogen-bond acceptors (Lipinski definition) is 7. The molecule has 4 fully saturated rings. The van der Waals surface area contributed by atoms with Gasteiger partial charge in [0.2, 0.25) is 0 Å². The maximum absolute atomic E-state index is 14.8. The van der Waals surface area contributed by atoms with Crippen LogP contribution in [0.1, 0.15) is 44.1 Å². The van der Waals surface area contributed by atoms with Gasteiger partial charge >= 0.3 is 21.2 Å². The predicted octanol–water partition coefficient (Wildman–Crippen LogP) is 2.75. The van der Waals surface area contributed by atoms with Crippen molar-refractivity contribution in [3.8, 4) is 0 Å². The van der Waals surface area contributed by atoms with Crippen molar-refractivity contribution in [3.63, 3.8) is 0 Å². The van der Waals surface area contributed by atoms with Gasteiger partial charge in [0.25, 0.3) is 10.0 Å². The fourth-order valence-corrected chi connectivity index (χ4v) is 9.14. The van der Waals surface area contributed by atoms with Crippen molar-refractivity contribution in [1.29, 1.82) is 0 Å². The minimum absolute atomic E-state index is 0.206. The standard InChI is InChI=1S/C22H27F2NO7S2/c1-3-15-4-6-18(7-5-15)33(28,29)25(2)34(30,31)22(23,24)19(26)32-14-20-9-16-8-17(10-20)12-21(27,11-16)13-20/h3-7,16-17,27H,1,8-14H2,2H3. The molecule has 0 radical (unpaired) electrons. The zero-order valence-electron chi connectivity index (χ0n) is 18.6. The molecule has 1 aromatic carbocycles. The second-order valence-corrected chi connectivity index (χ2v) is 14.2. The predicted molar refractivity (Wildman–Crippen MR) is 118 cm³/mol. The first kappa shape index (κ1) is 25.2. The van der Waals surface area contributed by atoms with E-state index in [9.17, 15) is 35.5 Å². The maximum Gasteiger partial charge on any atom is 0.455 e.